The maximum atomic E-state index is 4.73. The van der Waals surface area contributed by atoms with Crippen LogP contribution < -0.4 is 0 Å². The van der Waals surface area contributed by atoms with Crippen molar-refractivity contribution in [2.75, 3.05) is 0 Å². The first kappa shape index (κ1) is 11.2. The summed E-state index contributed by atoms with van der Waals surface area (Å²) in [6.07, 6.45) is 4.06. The molecule has 0 bridgehead atoms. The molecule has 0 N–H and O–H groups in total. The van der Waals surface area contributed by atoms with Gasteiger partial charge in [-0.15, -0.1) is 0 Å². The van der Waals surface area contributed by atoms with Crippen molar-refractivity contribution in [3.8, 4) is 0 Å². The number of hydrogen-bond acceptors (Lipinski definition) is 1. The van der Waals surface area contributed by atoms with E-state index in [9.17, 15) is 0 Å². The highest BCUT2D eigenvalue weighted by molar-refractivity contribution is 14.1. The van der Waals surface area contributed by atoms with Crippen LogP contribution in [-0.2, 0) is 0 Å². The second kappa shape index (κ2) is 4.07. The molecule has 0 saturated heterocycles. The van der Waals surface area contributed by atoms with Gasteiger partial charge < -0.3 is 0 Å². The van der Waals surface area contributed by atoms with E-state index < -0.39 is 0 Å². The molecule has 0 spiro atoms. The molecule has 1 aliphatic carbocycles. The van der Waals surface area contributed by atoms with Gasteiger partial charge in [-0.1, -0.05) is 49.8 Å². The largest absolute Gasteiger partial charge is 0.175 e. The third-order valence-corrected chi connectivity index (χ3v) is 7.50. The summed E-state index contributed by atoms with van der Waals surface area (Å²) in [5.41, 5.74) is 0. The van der Waals surface area contributed by atoms with E-state index in [2.05, 4.69) is 43.4 Å². The van der Waals surface area contributed by atoms with Crippen LogP contribution in [0.5, 0.6) is 0 Å². The molecule has 12 heavy (non-hydrogen) atoms. The average molecular weight is 298 g/mol. The monoisotopic (exact) mass is 298 g/mol. The lowest BCUT2D eigenvalue weighted by atomic mass is 9.74. The average Bonchev–Trinajstić information content (AvgIpc) is 1.99. The van der Waals surface area contributed by atoms with Crippen LogP contribution in [0.15, 0.2) is 0 Å². The Bertz CT molecular complexity index is 146. The van der Waals surface area contributed by atoms with Gasteiger partial charge in [0.1, 0.15) is 0 Å². The van der Waals surface area contributed by atoms with Crippen molar-refractivity contribution < 1.29 is 0 Å². The van der Waals surface area contributed by atoms with Gasteiger partial charge >= 0.3 is 0 Å². The molecule has 0 nitrogen and oxygen atoms in total. The summed E-state index contributed by atoms with van der Waals surface area (Å²) in [6, 6.07) is 0. The lowest BCUT2D eigenvalue weighted by molar-refractivity contribution is 0.260. The van der Waals surface area contributed by atoms with Gasteiger partial charge in [0.25, 0.3) is 0 Å². The first-order valence-corrected chi connectivity index (χ1v) is 6.46. The minimum Gasteiger partial charge on any atom is -0.175 e. The van der Waals surface area contributed by atoms with Crippen LogP contribution in [0, 0.1) is 11.8 Å². The number of alkyl halides is 1. The van der Waals surface area contributed by atoms with E-state index >= 15 is 0 Å². The molecule has 2 heteroatoms. The fourth-order valence-electron chi connectivity index (χ4n) is 2.34. The van der Waals surface area contributed by atoms with E-state index in [0.717, 1.165) is 11.8 Å². The summed E-state index contributed by atoms with van der Waals surface area (Å²) in [4.78, 5) is 0. The van der Waals surface area contributed by atoms with Gasteiger partial charge in [-0.05, 0) is 24.7 Å². The SMILES string of the molecule is CC(C)[C@@]1(I)C(S)CCC[C@@H]1C. The molecule has 0 aliphatic heterocycles. The molecule has 1 fully saturated rings. The second-order valence-corrected chi connectivity index (χ2v) is 6.82. The maximum Gasteiger partial charge on any atom is 0.0386 e. The van der Waals surface area contributed by atoms with Crippen LogP contribution in [0.25, 0.3) is 0 Å². The highest BCUT2D eigenvalue weighted by Crippen LogP contribution is 2.48. The van der Waals surface area contributed by atoms with Crippen LogP contribution in [0.4, 0.5) is 0 Å². The van der Waals surface area contributed by atoms with Crippen molar-refractivity contribution in [2.45, 2.75) is 48.7 Å². The molecule has 0 aromatic heterocycles. The van der Waals surface area contributed by atoms with Crippen LogP contribution in [0.3, 0.4) is 0 Å². The zero-order chi connectivity index (χ0) is 9.35. The first-order chi connectivity index (χ1) is 5.49. The molecule has 1 rings (SSSR count). The van der Waals surface area contributed by atoms with E-state index in [1.807, 2.05) is 0 Å². The quantitative estimate of drug-likeness (QED) is 0.423. The highest BCUT2D eigenvalue weighted by Gasteiger charge is 2.43. The smallest absolute Gasteiger partial charge is 0.0386 e. The van der Waals surface area contributed by atoms with E-state index in [1.54, 1.807) is 0 Å². The van der Waals surface area contributed by atoms with Crippen molar-refractivity contribution in [1.82, 2.24) is 0 Å². The molecule has 1 unspecified atom stereocenters. The number of hydrogen-bond donors (Lipinski definition) is 1. The summed E-state index contributed by atoms with van der Waals surface area (Å²) in [5.74, 6) is 1.57. The normalized spacial score (nSPS) is 43.5. The third kappa shape index (κ3) is 1.79. The Morgan fingerprint density at radius 3 is 2.33 bits per heavy atom. The van der Waals surface area contributed by atoms with Crippen LogP contribution in [0.2, 0.25) is 0 Å². The molecular formula is C10H19IS. The minimum atomic E-state index is 0.430. The summed E-state index contributed by atoms with van der Waals surface area (Å²) >= 11 is 7.39. The summed E-state index contributed by atoms with van der Waals surface area (Å²) in [6.45, 7) is 7.05. The molecule has 0 aromatic rings. The second-order valence-electron chi connectivity index (χ2n) is 4.33. The van der Waals surface area contributed by atoms with Crippen molar-refractivity contribution in [2.24, 2.45) is 11.8 Å². The van der Waals surface area contributed by atoms with Gasteiger partial charge in [0, 0.05) is 8.67 Å². The minimum absolute atomic E-state index is 0.430. The van der Waals surface area contributed by atoms with E-state index in [-0.39, 0.29) is 0 Å². The lowest BCUT2D eigenvalue weighted by Gasteiger charge is -2.45. The number of rotatable bonds is 1. The van der Waals surface area contributed by atoms with Gasteiger partial charge in [-0.3, -0.25) is 0 Å². The summed E-state index contributed by atoms with van der Waals surface area (Å²) < 4.78 is 0.430. The van der Waals surface area contributed by atoms with Gasteiger partial charge in [0.2, 0.25) is 0 Å². The zero-order valence-electron chi connectivity index (χ0n) is 8.18. The van der Waals surface area contributed by atoms with Gasteiger partial charge in [0.05, 0.1) is 0 Å². The molecule has 1 saturated carbocycles. The Kier molecular flexibility index (Phi) is 3.79. The Morgan fingerprint density at radius 2 is 2.00 bits per heavy atom. The molecule has 1 aliphatic rings. The third-order valence-electron chi connectivity index (χ3n) is 3.27. The first-order valence-electron chi connectivity index (χ1n) is 4.86. The van der Waals surface area contributed by atoms with Crippen molar-refractivity contribution in [3.05, 3.63) is 0 Å². The Balaban J connectivity index is 2.80. The summed E-state index contributed by atoms with van der Waals surface area (Å²) in [7, 11) is 0. The number of thiol groups is 1. The predicted molar refractivity (Wildman–Crippen MR) is 67.4 cm³/mol. The fraction of sp³-hybridized carbons (Fsp3) is 1.00. The molecule has 0 heterocycles. The van der Waals surface area contributed by atoms with E-state index in [4.69, 9.17) is 12.6 Å². The standard InChI is InChI=1S/C10H19IS/c1-7(2)10(11)8(3)5-4-6-9(10)12/h7-9,12H,4-6H2,1-3H3/t8-,9?,10-/m0/s1. The topological polar surface area (TPSA) is 0 Å². The van der Waals surface area contributed by atoms with Crippen molar-refractivity contribution in [1.29, 1.82) is 0 Å². The molecule has 0 amide bonds. The molecular weight excluding hydrogens is 279 g/mol. The predicted octanol–water partition coefficient (Wildman–Crippen LogP) is 3.93. The fourth-order valence-corrected chi connectivity index (χ4v) is 3.70. The van der Waals surface area contributed by atoms with Crippen molar-refractivity contribution >= 4 is 35.2 Å². The number of halogens is 1. The van der Waals surface area contributed by atoms with E-state index in [1.165, 1.54) is 19.3 Å². The molecule has 0 aromatic carbocycles. The van der Waals surface area contributed by atoms with Gasteiger partial charge in [0.15, 0.2) is 0 Å². The van der Waals surface area contributed by atoms with E-state index in [0.29, 0.717) is 8.67 Å². The Hall–Kier alpha value is 1.08. The molecule has 72 valence electrons. The lowest BCUT2D eigenvalue weighted by Crippen LogP contribution is -2.46. The Labute approximate surface area is 95.4 Å². The van der Waals surface area contributed by atoms with Crippen molar-refractivity contribution in [3.63, 3.8) is 0 Å². The van der Waals surface area contributed by atoms with Crippen LogP contribution in [-0.4, -0.2) is 8.67 Å². The highest BCUT2D eigenvalue weighted by atomic mass is 127. The maximum absolute atomic E-state index is 4.73. The summed E-state index contributed by atoms with van der Waals surface area (Å²) in [5, 5.41) is 0.599. The zero-order valence-corrected chi connectivity index (χ0v) is 11.2. The Morgan fingerprint density at radius 1 is 1.42 bits per heavy atom. The van der Waals surface area contributed by atoms with Gasteiger partial charge in [-0.2, -0.15) is 12.6 Å². The van der Waals surface area contributed by atoms with Gasteiger partial charge in [-0.25, -0.2) is 0 Å². The van der Waals surface area contributed by atoms with Crippen LogP contribution >= 0.6 is 35.2 Å². The molecule has 3 atom stereocenters. The molecule has 0 radical (unpaired) electrons. The van der Waals surface area contributed by atoms with Crippen LogP contribution in [0.1, 0.15) is 40.0 Å².